The molecule has 0 spiro atoms. The number of benzene rings is 1. The Labute approximate surface area is 113 Å². The molecule has 94 valence electrons. The quantitative estimate of drug-likeness (QED) is 0.790. The SMILES string of the molecule is C=CC(C)Oc1c(Cl)cc(Cl)cc1CNCC. The molecule has 1 rings (SSSR count). The van der Waals surface area contributed by atoms with Crippen LogP contribution in [0.3, 0.4) is 0 Å². The van der Waals surface area contributed by atoms with Crippen molar-refractivity contribution in [1.82, 2.24) is 5.32 Å². The van der Waals surface area contributed by atoms with Gasteiger partial charge >= 0.3 is 0 Å². The second-order valence-electron chi connectivity index (χ2n) is 3.71. The normalized spacial score (nSPS) is 12.2. The molecular formula is C13H17Cl2NO. The van der Waals surface area contributed by atoms with Crippen molar-refractivity contribution in [1.29, 1.82) is 0 Å². The summed E-state index contributed by atoms with van der Waals surface area (Å²) in [5.41, 5.74) is 0.957. The second-order valence-corrected chi connectivity index (χ2v) is 4.56. The smallest absolute Gasteiger partial charge is 0.143 e. The van der Waals surface area contributed by atoms with E-state index in [1.165, 1.54) is 0 Å². The lowest BCUT2D eigenvalue weighted by molar-refractivity contribution is 0.267. The fourth-order valence-corrected chi connectivity index (χ4v) is 1.95. The van der Waals surface area contributed by atoms with Gasteiger partial charge < -0.3 is 10.1 Å². The zero-order valence-corrected chi connectivity index (χ0v) is 11.6. The molecule has 0 saturated carbocycles. The van der Waals surface area contributed by atoms with Crippen LogP contribution in [0, 0.1) is 0 Å². The van der Waals surface area contributed by atoms with Gasteiger partial charge in [-0.2, -0.15) is 0 Å². The van der Waals surface area contributed by atoms with Crippen molar-refractivity contribution in [3.8, 4) is 5.75 Å². The Morgan fingerprint density at radius 1 is 1.47 bits per heavy atom. The average Bonchev–Trinajstić information content (AvgIpc) is 2.29. The minimum absolute atomic E-state index is 0.0888. The van der Waals surface area contributed by atoms with Gasteiger partial charge in [0.1, 0.15) is 11.9 Å². The molecule has 0 aliphatic carbocycles. The molecule has 1 atom stereocenters. The van der Waals surface area contributed by atoms with Crippen LogP contribution in [-0.4, -0.2) is 12.6 Å². The first kappa shape index (κ1) is 14.4. The first-order chi connectivity index (χ1) is 8.08. The number of hydrogen-bond acceptors (Lipinski definition) is 2. The lowest BCUT2D eigenvalue weighted by Crippen LogP contribution is -2.15. The fourth-order valence-electron chi connectivity index (χ4n) is 1.37. The van der Waals surface area contributed by atoms with Crippen LogP contribution in [0.2, 0.25) is 10.0 Å². The largest absolute Gasteiger partial charge is 0.485 e. The zero-order chi connectivity index (χ0) is 12.8. The summed E-state index contributed by atoms with van der Waals surface area (Å²) in [4.78, 5) is 0. The topological polar surface area (TPSA) is 21.3 Å². The van der Waals surface area contributed by atoms with Gasteiger partial charge in [-0.3, -0.25) is 0 Å². The molecule has 1 aromatic rings. The molecule has 0 radical (unpaired) electrons. The highest BCUT2D eigenvalue weighted by atomic mass is 35.5. The standard InChI is InChI=1S/C13H17Cl2NO/c1-4-9(3)17-13-10(8-16-5-2)6-11(14)7-12(13)15/h4,6-7,9,16H,1,5,8H2,2-3H3. The van der Waals surface area contributed by atoms with Crippen LogP contribution in [0.25, 0.3) is 0 Å². The number of ether oxygens (including phenoxy) is 1. The van der Waals surface area contributed by atoms with Crippen LogP contribution in [0.1, 0.15) is 19.4 Å². The van der Waals surface area contributed by atoms with E-state index in [0.29, 0.717) is 22.3 Å². The molecule has 0 fully saturated rings. The van der Waals surface area contributed by atoms with Crippen molar-refractivity contribution >= 4 is 23.2 Å². The molecule has 0 aromatic heterocycles. The number of nitrogens with one attached hydrogen (secondary N) is 1. The van der Waals surface area contributed by atoms with Crippen LogP contribution in [-0.2, 0) is 6.54 Å². The Morgan fingerprint density at radius 2 is 2.18 bits per heavy atom. The minimum atomic E-state index is -0.0888. The van der Waals surface area contributed by atoms with Gasteiger partial charge in [-0.05, 0) is 25.6 Å². The van der Waals surface area contributed by atoms with Crippen molar-refractivity contribution in [3.63, 3.8) is 0 Å². The first-order valence-electron chi connectivity index (χ1n) is 5.56. The van der Waals surface area contributed by atoms with Crippen molar-refractivity contribution in [2.45, 2.75) is 26.5 Å². The van der Waals surface area contributed by atoms with Gasteiger partial charge in [-0.25, -0.2) is 0 Å². The first-order valence-corrected chi connectivity index (χ1v) is 6.32. The molecule has 0 saturated heterocycles. The Hall–Kier alpha value is -0.700. The third-order valence-corrected chi connectivity index (χ3v) is 2.79. The molecule has 0 bridgehead atoms. The van der Waals surface area contributed by atoms with Gasteiger partial charge in [0.15, 0.2) is 0 Å². The van der Waals surface area contributed by atoms with E-state index in [1.54, 1.807) is 12.1 Å². The van der Waals surface area contributed by atoms with Crippen LogP contribution >= 0.6 is 23.2 Å². The Balaban J connectivity index is 3.01. The number of halogens is 2. The van der Waals surface area contributed by atoms with Gasteiger partial charge in [0.2, 0.25) is 0 Å². The summed E-state index contributed by atoms with van der Waals surface area (Å²) >= 11 is 12.1. The maximum Gasteiger partial charge on any atom is 0.143 e. The summed E-state index contributed by atoms with van der Waals surface area (Å²) in [7, 11) is 0. The molecule has 0 amide bonds. The molecule has 2 nitrogen and oxygen atoms in total. The van der Waals surface area contributed by atoms with Crippen molar-refractivity contribution in [3.05, 3.63) is 40.4 Å². The van der Waals surface area contributed by atoms with E-state index in [4.69, 9.17) is 27.9 Å². The van der Waals surface area contributed by atoms with Crippen LogP contribution in [0.4, 0.5) is 0 Å². The van der Waals surface area contributed by atoms with Gasteiger partial charge in [0.05, 0.1) is 5.02 Å². The van der Waals surface area contributed by atoms with E-state index in [2.05, 4.69) is 11.9 Å². The summed E-state index contributed by atoms with van der Waals surface area (Å²) in [6.45, 7) is 9.19. The molecule has 1 unspecified atom stereocenters. The van der Waals surface area contributed by atoms with E-state index >= 15 is 0 Å². The molecule has 0 aliphatic heterocycles. The maximum absolute atomic E-state index is 6.14. The van der Waals surface area contributed by atoms with E-state index in [9.17, 15) is 0 Å². The predicted molar refractivity (Wildman–Crippen MR) is 74.1 cm³/mol. The second kappa shape index (κ2) is 6.90. The predicted octanol–water partition coefficient (Wildman–Crippen LogP) is 4.06. The third-order valence-electron chi connectivity index (χ3n) is 2.29. The van der Waals surface area contributed by atoms with Gasteiger partial charge in [-0.15, -0.1) is 0 Å². The van der Waals surface area contributed by atoms with E-state index in [1.807, 2.05) is 19.9 Å². The molecule has 1 N–H and O–H groups in total. The highest BCUT2D eigenvalue weighted by molar-refractivity contribution is 6.35. The number of hydrogen-bond donors (Lipinski definition) is 1. The molecule has 0 heterocycles. The highest BCUT2D eigenvalue weighted by Crippen LogP contribution is 2.33. The molecule has 4 heteroatoms. The van der Waals surface area contributed by atoms with E-state index in [0.717, 1.165) is 12.1 Å². The van der Waals surface area contributed by atoms with Crippen molar-refractivity contribution < 1.29 is 4.74 Å². The fraction of sp³-hybridized carbons (Fsp3) is 0.385. The van der Waals surface area contributed by atoms with E-state index in [-0.39, 0.29) is 6.10 Å². The van der Waals surface area contributed by atoms with Crippen LogP contribution in [0.5, 0.6) is 5.75 Å². The van der Waals surface area contributed by atoms with Gasteiger partial charge in [0.25, 0.3) is 0 Å². The Bertz CT molecular complexity index is 393. The molecule has 0 aliphatic rings. The monoisotopic (exact) mass is 273 g/mol. The molecule has 17 heavy (non-hydrogen) atoms. The lowest BCUT2D eigenvalue weighted by Gasteiger charge is -2.17. The highest BCUT2D eigenvalue weighted by Gasteiger charge is 2.12. The van der Waals surface area contributed by atoms with Crippen LogP contribution < -0.4 is 10.1 Å². The summed E-state index contributed by atoms with van der Waals surface area (Å²) in [5.74, 6) is 0.671. The Kier molecular flexibility index (Phi) is 5.83. The van der Waals surface area contributed by atoms with E-state index < -0.39 is 0 Å². The molecular weight excluding hydrogens is 257 g/mol. The Morgan fingerprint density at radius 3 is 2.76 bits per heavy atom. The minimum Gasteiger partial charge on any atom is -0.485 e. The summed E-state index contributed by atoms with van der Waals surface area (Å²) in [6, 6.07) is 3.55. The summed E-state index contributed by atoms with van der Waals surface area (Å²) < 4.78 is 5.73. The zero-order valence-electron chi connectivity index (χ0n) is 10.1. The van der Waals surface area contributed by atoms with Gasteiger partial charge in [-0.1, -0.05) is 42.8 Å². The van der Waals surface area contributed by atoms with Crippen molar-refractivity contribution in [2.24, 2.45) is 0 Å². The maximum atomic E-state index is 6.14. The summed E-state index contributed by atoms with van der Waals surface area (Å²) in [5, 5.41) is 4.37. The average molecular weight is 274 g/mol. The summed E-state index contributed by atoms with van der Waals surface area (Å²) in [6.07, 6.45) is 1.64. The molecule has 1 aromatic carbocycles. The van der Waals surface area contributed by atoms with Crippen molar-refractivity contribution in [2.75, 3.05) is 6.54 Å². The van der Waals surface area contributed by atoms with Crippen LogP contribution in [0.15, 0.2) is 24.8 Å². The number of rotatable bonds is 6. The van der Waals surface area contributed by atoms with Gasteiger partial charge in [0, 0.05) is 17.1 Å². The third kappa shape index (κ3) is 4.23. The lowest BCUT2D eigenvalue weighted by atomic mass is 10.2.